The van der Waals surface area contributed by atoms with Gasteiger partial charge in [0.2, 0.25) is 10.0 Å². The third kappa shape index (κ3) is 3.55. The SMILES string of the molecule is CNc1ccc(S(=O)(=O)NC(C)Cn2ccnc2)cn1. The van der Waals surface area contributed by atoms with Crippen molar-refractivity contribution in [1.82, 2.24) is 19.3 Å². The van der Waals surface area contributed by atoms with Gasteiger partial charge < -0.3 is 9.88 Å². The largest absolute Gasteiger partial charge is 0.373 e. The lowest BCUT2D eigenvalue weighted by atomic mass is 10.4. The standard InChI is InChI=1S/C12H17N5O2S/c1-10(8-17-6-5-14-9-17)16-20(18,19)11-3-4-12(13-2)15-7-11/h3-7,9-10,16H,8H2,1-2H3,(H,13,15). The van der Waals surface area contributed by atoms with Crippen LogP contribution in [0.2, 0.25) is 0 Å². The highest BCUT2D eigenvalue weighted by Gasteiger charge is 2.17. The first kappa shape index (κ1) is 14.5. The quantitative estimate of drug-likeness (QED) is 0.818. The van der Waals surface area contributed by atoms with Crippen LogP contribution < -0.4 is 10.0 Å². The zero-order valence-electron chi connectivity index (χ0n) is 11.3. The zero-order valence-corrected chi connectivity index (χ0v) is 12.1. The lowest BCUT2D eigenvalue weighted by molar-refractivity contribution is 0.520. The molecular formula is C12H17N5O2S. The minimum Gasteiger partial charge on any atom is -0.373 e. The van der Waals surface area contributed by atoms with Gasteiger partial charge in [-0.3, -0.25) is 0 Å². The Morgan fingerprint density at radius 1 is 1.40 bits per heavy atom. The van der Waals surface area contributed by atoms with Crippen molar-refractivity contribution in [2.45, 2.75) is 24.4 Å². The van der Waals surface area contributed by atoms with E-state index in [0.29, 0.717) is 12.4 Å². The molecule has 20 heavy (non-hydrogen) atoms. The van der Waals surface area contributed by atoms with Crippen LogP contribution in [0.4, 0.5) is 5.82 Å². The van der Waals surface area contributed by atoms with Crippen molar-refractivity contribution in [3.8, 4) is 0 Å². The van der Waals surface area contributed by atoms with E-state index < -0.39 is 10.0 Å². The van der Waals surface area contributed by atoms with Crippen LogP contribution in [0.25, 0.3) is 0 Å². The normalized spacial score (nSPS) is 13.1. The molecule has 0 fully saturated rings. The summed E-state index contributed by atoms with van der Waals surface area (Å²) in [5.74, 6) is 0.621. The first-order valence-electron chi connectivity index (χ1n) is 6.13. The van der Waals surface area contributed by atoms with Crippen LogP contribution in [0, 0.1) is 0 Å². The highest BCUT2D eigenvalue weighted by Crippen LogP contribution is 2.11. The van der Waals surface area contributed by atoms with Crippen LogP contribution in [0.5, 0.6) is 0 Å². The van der Waals surface area contributed by atoms with Crippen molar-refractivity contribution in [3.63, 3.8) is 0 Å². The van der Waals surface area contributed by atoms with E-state index in [1.807, 2.05) is 4.57 Å². The smallest absolute Gasteiger partial charge is 0.242 e. The molecule has 7 nitrogen and oxygen atoms in total. The predicted molar refractivity (Wildman–Crippen MR) is 75.8 cm³/mol. The van der Waals surface area contributed by atoms with E-state index in [1.165, 1.54) is 12.3 Å². The molecule has 0 amide bonds. The van der Waals surface area contributed by atoms with Crippen molar-refractivity contribution >= 4 is 15.8 Å². The van der Waals surface area contributed by atoms with E-state index in [0.717, 1.165) is 0 Å². The van der Waals surface area contributed by atoms with Gasteiger partial charge in [0, 0.05) is 38.2 Å². The first-order valence-corrected chi connectivity index (χ1v) is 7.61. The number of rotatable bonds is 6. The van der Waals surface area contributed by atoms with Crippen molar-refractivity contribution in [1.29, 1.82) is 0 Å². The maximum atomic E-state index is 12.2. The molecule has 2 rings (SSSR count). The number of sulfonamides is 1. The average Bonchev–Trinajstić information content (AvgIpc) is 2.91. The lowest BCUT2D eigenvalue weighted by Gasteiger charge is -2.14. The van der Waals surface area contributed by atoms with Crippen LogP contribution in [-0.4, -0.2) is 36.0 Å². The third-order valence-corrected chi connectivity index (χ3v) is 4.28. The maximum absolute atomic E-state index is 12.2. The summed E-state index contributed by atoms with van der Waals surface area (Å²) in [4.78, 5) is 8.07. The number of nitrogens with one attached hydrogen (secondary N) is 2. The molecule has 8 heteroatoms. The molecule has 1 atom stereocenters. The van der Waals surface area contributed by atoms with Gasteiger partial charge in [0.25, 0.3) is 0 Å². The van der Waals surface area contributed by atoms with E-state index in [1.54, 1.807) is 38.8 Å². The molecule has 0 aromatic carbocycles. The summed E-state index contributed by atoms with van der Waals surface area (Å²) in [5, 5.41) is 2.84. The fraction of sp³-hybridized carbons (Fsp3) is 0.333. The van der Waals surface area contributed by atoms with Crippen LogP contribution in [0.1, 0.15) is 6.92 Å². The van der Waals surface area contributed by atoms with Gasteiger partial charge in [-0.15, -0.1) is 0 Å². The summed E-state index contributed by atoms with van der Waals surface area (Å²) in [6, 6.07) is 2.89. The van der Waals surface area contributed by atoms with Crippen molar-refractivity contribution in [3.05, 3.63) is 37.1 Å². The Kier molecular flexibility index (Phi) is 4.35. The number of hydrogen-bond acceptors (Lipinski definition) is 5. The highest BCUT2D eigenvalue weighted by atomic mass is 32.2. The Labute approximate surface area is 118 Å². The molecule has 0 aliphatic carbocycles. The van der Waals surface area contributed by atoms with Crippen molar-refractivity contribution < 1.29 is 8.42 Å². The van der Waals surface area contributed by atoms with Gasteiger partial charge in [-0.2, -0.15) is 0 Å². The second-order valence-corrected chi connectivity index (χ2v) is 6.12. The number of nitrogens with zero attached hydrogens (tertiary/aromatic N) is 3. The van der Waals surface area contributed by atoms with Gasteiger partial charge in [0.1, 0.15) is 10.7 Å². The van der Waals surface area contributed by atoms with Gasteiger partial charge in [-0.05, 0) is 19.1 Å². The summed E-state index contributed by atoms with van der Waals surface area (Å²) in [7, 11) is -1.84. The van der Waals surface area contributed by atoms with E-state index in [9.17, 15) is 8.42 Å². The summed E-state index contributed by atoms with van der Waals surface area (Å²) in [6.07, 6.45) is 6.42. The average molecular weight is 295 g/mol. The van der Waals surface area contributed by atoms with Crippen LogP contribution in [-0.2, 0) is 16.6 Å². The number of hydrogen-bond donors (Lipinski definition) is 2. The van der Waals surface area contributed by atoms with E-state index >= 15 is 0 Å². The monoisotopic (exact) mass is 295 g/mol. The molecule has 0 radical (unpaired) electrons. The van der Waals surface area contributed by atoms with Gasteiger partial charge in [-0.25, -0.2) is 23.1 Å². The van der Waals surface area contributed by atoms with Crippen molar-refractivity contribution in [2.24, 2.45) is 0 Å². The zero-order chi connectivity index (χ0) is 14.6. The molecule has 0 saturated heterocycles. The van der Waals surface area contributed by atoms with Gasteiger partial charge in [0.05, 0.1) is 6.33 Å². The van der Waals surface area contributed by atoms with Crippen molar-refractivity contribution in [2.75, 3.05) is 12.4 Å². The molecule has 0 spiro atoms. The van der Waals surface area contributed by atoms with Gasteiger partial charge in [0.15, 0.2) is 0 Å². The molecule has 1 unspecified atom stereocenters. The van der Waals surface area contributed by atoms with Gasteiger partial charge >= 0.3 is 0 Å². The minimum absolute atomic E-state index is 0.147. The van der Waals surface area contributed by atoms with E-state index in [2.05, 4.69) is 20.0 Å². The molecule has 2 aromatic rings. The molecule has 0 aliphatic rings. The number of imidazole rings is 1. The maximum Gasteiger partial charge on any atom is 0.242 e. The Bertz CT molecular complexity index is 637. The van der Waals surface area contributed by atoms with Crippen LogP contribution >= 0.6 is 0 Å². The predicted octanol–water partition coefficient (Wildman–Crippen LogP) is 0.687. The first-order chi connectivity index (χ1) is 9.51. The number of pyridine rings is 1. The molecule has 0 aliphatic heterocycles. The second-order valence-electron chi connectivity index (χ2n) is 4.41. The fourth-order valence-electron chi connectivity index (χ4n) is 1.77. The second kappa shape index (κ2) is 6.02. The Morgan fingerprint density at radius 3 is 2.75 bits per heavy atom. The van der Waals surface area contributed by atoms with E-state index in [-0.39, 0.29) is 10.9 Å². The van der Waals surface area contributed by atoms with Crippen LogP contribution in [0.15, 0.2) is 41.9 Å². The summed E-state index contributed by atoms with van der Waals surface area (Å²) < 4.78 is 28.8. The molecule has 2 N–H and O–H groups in total. The Balaban J connectivity index is 2.05. The summed E-state index contributed by atoms with van der Waals surface area (Å²) in [5.41, 5.74) is 0. The third-order valence-electron chi connectivity index (χ3n) is 2.70. The minimum atomic E-state index is -3.56. The molecule has 2 heterocycles. The number of anilines is 1. The molecule has 108 valence electrons. The Morgan fingerprint density at radius 2 is 2.20 bits per heavy atom. The molecular weight excluding hydrogens is 278 g/mol. The Hall–Kier alpha value is -1.93. The molecule has 0 saturated carbocycles. The lowest BCUT2D eigenvalue weighted by Crippen LogP contribution is -2.35. The number of aromatic nitrogens is 3. The summed E-state index contributed by atoms with van der Waals surface area (Å²) in [6.45, 7) is 2.31. The van der Waals surface area contributed by atoms with Gasteiger partial charge in [-0.1, -0.05) is 0 Å². The van der Waals surface area contributed by atoms with E-state index in [4.69, 9.17) is 0 Å². The fourth-order valence-corrected chi connectivity index (χ4v) is 2.95. The van der Waals surface area contributed by atoms with Crippen LogP contribution in [0.3, 0.4) is 0 Å². The highest BCUT2D eigenvalue weighted by molar-refractivity contribution is 7.89. The molecule has 0 bridgehead atoms. The topological polar surface area (TPSA) is 88.9 Å². The molecule has 2 aromatic heterocycles. The summed E-state index contributed by atoms with van der Waals surface area (Å²) >= 11 is 0.